The summed E-state index contributed by atoms with van der Waals surface area (Å²) < 4.78 is 5.69. The molecule has 1 aliphatic heterocycles. The Hall–Kier alpha value is -0.120. The molecule has 1 fully saturated rings. The minimum absolute atomic E-state index is 0.502. The van der Waals surface area contributed by atoms with Gasteiger partial charge in [-0.15, -0.1) is 0 Å². The van der Waals surface area contributed by atoms with Crippen LogP contribution in [0.4, 0.5) is 0 Å². The van der Waals surface area contributed by atoms with Crippen LogP contribution in [0.3, 0.4) is 0 Å². The molecule has 17 heavy (non-hydrogen) atoms. The average Bonchev–Trinajstić information content (AvgIpc) is 2.36. The molecule has 0 aromatic heterocycles. The predicted molar refractivity (Wildman–Crippen MR) is 73.4 cm³/mol. The molecule has 1 aliphatic rings. The van der Waals surface area contributed by atoms with Crippen LogP contribution in [0.15, 0.2) is 0 Å². The zero-order valence-electron chi connectivity index (χ0n) is 12.0. The molecule has 0 spiro atoms. The van der Waals surface area contributed by atoms with Gasteiger partial charge < -0.3 is 10.1 Å². The summed E-state index contributed by atoms with van der Waals surface area (Å²) >= 11 is 0. The van der Waals surface area contributed by atoms with Crippen molar-refractivity contribution in [2.45, 2.75) is 65.1 Å². The van der Waals surface area contributed by atoms with Crippen LogP contribution >= 0.6 is 0 Å². The molecule has 0 amide bonds. The quantitative estimate of drug-likeness (QED) is 0.741. The Morgan fingerprint density at radius 2 is 1.88 bits per heavy atom. The van der Waals surface area contributed by atoms with E-state index in [9.17, 15) is 0 Å². The Balaban J connectivity index is 2.27. The molecule has 0 aliphatic carbocycles. The van der Waals surface area contributed by atoms with E-state index < -0.39 is 0 Å². The van der Waals surface area contributed by atoms with Gasteiger partial charge in [-0.2, -0.15) is 0 Å². The molecule has 3 nitrogen and oxygen atoms in total. The van der Waals surface area contributed by atoms with Crippen molar-refractivity contribution in [2.24, 2.45) is 0 Å². The van der Waals surface area contributed by atoms with Crippen LogP contribution in [-0.2, 0) is 4.74 Å². The number of rotatable bonds is 7. The highest BCUT2D eigenvalue weighted by atomic mass is 16.5. The Labute approximate surface area is 107 Å². The van der Waals surface area contributed by atoms with Crippen LogP contribution in [-0.4, -0.2) is 49.3 Å². The molecule has 1 heterocycles. The van der Waals surface area contributed by atoms with Crippen molar-refractivity contribution in [3.05, 3.63) is 0 Å². The van der Waals surface area contributed by atoms with Crippen molar-refractivity contribution < 1.29 is 4.74 Å². The van der Waals surface area contributed by atoms with Crippen LogP contribution in [0.25, 0.3) is 0 Å². The van der Waals surface area contributed by atoms with Gasteiger partial charge in [0, 0.05) is 31.8 Å². The molecular weight excluding hydrogens is 212 g/mol. The molecule has 3 heteroatoms. The summed E-state index contributed by atoms with van der Waals surface area (Å²) in [4.78, 5) is 2.60. The highest BCUT2D eigenvalue weighted by Gasteiger charge is 2.25. The fourth-order valence-electron chi connectivity index (χ4n) is 2.54. The van der Waals surface area contributed by atoms with Gasteiger partial charge in [-0.25, -0.2) is 0 Å². The van der Waals surface area contributed by atoms with Crippen LogP contribution in [0.5, 0.6) is 0 Å². The Kier molecular flexibility index (Phi) is 7.09. The Morgan fingerprint density at radius 3 is 2.41 bits per heavy atom. The van der Waals surface area contributed by atoms with E-state index in [0.717, 1.165) is 13.2 Å². The molecule has 0 aromatic rings. The second-order valence-electron chi connectivity index (χ2n) is 5.17. The molecule has 2 unspecified atom stereocenters. The standard InChI is InChI=1S/C14H30N2O/c1-5-9-15-12(3)13(4)16-10-7-14(8-11-16)17-6-2/h12-15H,5-11H2,1-4H3. The molecule has 2 atom stereocenters. The van der Waals surface area contributed by atoms with Crippen LogP contribution in [0, 0.1) is 0 Å². The number of hydrogen-bond donors (Lipinski definition) is 1. The second kappa shape index (κ2) is 8.06. The number of likely N-dealkylation sites (tertiary alicyclic amines) is 1. The molecule has 0 radical (unpaired) electrons. The molecule has 1 saturated heterocycles. The van der Waals surface area contributed by atoms with Crippen molar-refractivity contribution in [1.29, 1.82) is 0 Å². The second-order valence-corrected chi connectivity index (χ2v) is 5.17. The minimum Gasteiger partial charge on any atom is -0.378 e. The number of nitrogens with one attached hydrogen (secondary N) is 1. The third kappa shape index (κ3) is 4.94. The van der Waals surface area contributed by atoms with Crippen molar-refractivity contribution in [2.75, 3.05) is 26.2 Å². The molecule has 102 valence electrons. The lowest BCUT2D eigenvalue weighted by Crippen LogP contribution is -2.50. The monoisotopic (exact) mass is 242 g/mol. The Bertz CT molecular complexity index is 191. The molecular formula is C14H30N2O. The lowest BCUT2D eigenvalue weighted by molar-refractivity contribution is 0.00242. The number of piperidine rings is 1. The summed E-state index contributed by atoms with van der Waals surface area (Å²) in [7, 11) is 0. The van der Waals surface area contributed by atoms with Crippen molar-refractivity contribution in [3.8, 4) is 0 Å². The van der Waals surface area contributed by atoms with E-state index in [2.05, 4.69) is 37.9 Å². The van der Waals surface area contributed by atoms with Gasteiger partial charge in [-0.3, -0.25) is 4.90 Å². The average molecular weight is 242 g/mol. The summed E-state index contributed by atoms with van der Waals surface area (Å²) in [6, 6.07) is 1.21. The van der Waals surface area contributed by atoms with Crippen LogP contribution in [0.2, 0.25) is 0 Å². The van der Waals surface area contributed by atoms with E-state index in [1.54, 1.807) is 0 Å². The highest BCUT2D eigenvalue weighted by molar-refractivity contribution is 4.82. The lowest BCUT2D eigenvalue weighted by atomic mass is 10.0. The van der Waals surface area contributed by atoms with E-state index in [4.69, 9.17) is 4.74 Å². The normalized spacial score (nSPS) is 22.6. The number of ether oxygens (including phenoxy) is 1. The Morgan fingerprint density at radius 1 is 1.24 bits per heavy atom. The topological polar surface area (TPSA) is 24.5 Å². The summed E-state index contributed by atoms with van der Waals surface area (Å²) in [6.07, 6.45) is 4.10. The van der Waals surface area contributed by atoms with Gasteiger partial charge in [0.2, 0.25) is 0 Å². The van der Waals surface area contributed by atoms with Gasteiger partial charge in [0.25, 0.3) is 0 Å². The fraction of sp³-hybridized carbons (Fsp3) is 1.00. The maximum Gasteiger partial charge on any atom is 0.0599 e. The van der Waals surface area contributed by atoms with E-state index in [-0.39, 0.29) is 0 Å². The molecule has 0 saturated carbocycles. The third-order valence-electron chi connectivity index (χ3n) is 3.89. The van der Waals surface area contributed by atoms with Crippen LogP contribution in [0.1, 0.15) is 47.0 Å². The van der Waals surface area contributed by atoms with E-state index in [1.165, 1.54) is 32.4 Å². The molecule has 1 N–H and O–H groups in total. The zero-order chi connectivity index (χ0) is 12.7. The first-order valence-electron chi connectivity index (χ1n) is 7.28. The number of nitrogens with zero attached hydrogens (tertiary/aromatic N) is 1. The van der Waals surface area contributed by atoms with E-state index >= 15 is 0 Å². The van der Waals surface area contributed by atoms with Gasteiger partial charge in [0.1, 0.15) is 0 Å². The van der Waals surface area contributed by atoms with Gasteiger partial charge in [0.05, 0.1) is 6.10 Å². The summed E-state index contributed by atoms with van der Waals surface area (Å²) in [5.74, 6) is 0. The van der Waals surface area contributed by atoms with Crippen molar-refractivity contribution in [3.63, 3.8) is 0 Å². The van der Waals surface area contributed by atoms with Gasteiger partial charge in [-0.05, 0) is 46.6 Å². The van der Waals surface area contributed by atoms with Crippen molar-refractivity contribution >= 4 is 0 Å². The van der Waals surface area contributed by atoms with Gasteiger partial charge >= 0.3 is 0 Å². The largest absolute Gasteiger partial charge is 0.378 e. The maximum absolute atomic E-state index is 5.69. The summed E-state index contributed by atoms with van der Waals surface area (Å²) in [5, 5.41) is 3.59. The molecule has 1 rings (SSSR count). The van der Waals surface area contributed by atoms with Crippen molar-refractivity contribution in [1.82, 2.24) is 10.2 Å². The zero-order valence-corrected chi connectivity index (χ0v) is 12.0. The first-order valence-corrected chi connectivity index (χ1v) is 7.28. The molecule has 0 aromatic carbocycles. The lowest BCUT2D eigenvalue weighted by Gasteiger charge is -2.38. The highest BCUT2D eigenvalue weighted by Crippen LogP contribution is 2.17. The van der Waals surface area contributed by atoms with Crippen LogP contribution < -0.4 is 5.32 Å². The third-order valence-corrected chi connectivity index (χ3v) is 3.89. The smallest absolute Gasteiger partial charge is 0.0599 e. The SMILES string of the molecule is CCCNC(C)C(C)N1CCC(OCC)CC1. The minimum atomic E-state index is 0.502. The first kappa shape index (κ1) is 14.9. The van der Waals surface area contributed by atoms with Gasteiger partial charge in [-0.1, -0.05) is 6.92 Å². The van der Waals surface area contributed by atoms with E-state index in [1.807, 2.05) is 0 Å². The first-order chi connectivity index (χ1) is 8.19. The maximum atomic E-state index is 5.69. The predicted octanol–water partition coefficient (Wildman–Crippen LogP) is 2.26. The molecule has 0 bridgehead atoms. The summed E-state index contributed by atoms with van der Waals surface area (Å²) in [5.41, 5.74) is 0. The van der Waals surface area contributed by atoms with Gasteiger partial charge in [0.15, 0.2) is 0 Å². The fourth-order valence-corrected chi connectivity index (χ4v) is 2.54. The summed E-state index contributed by atoms with van der Waals surface area (Å²) in [6.45, 7) is 13.3. The number of hydrogen-bond acceptors (Lipinski definition) is 3. The van der Waals surface area contributed by atoms with E-state index in [0.29, 0.717) is 18.2 Å².